The summed E-state index contributed by atoms with van der Waals surface area (Å²) in [5, 5.41) is 7.31. The van der Waals surface area contributed by atoms with Gasteiger partial charge in [-0.2, -0.15) is 0 Å². The van der Waals surface area contributed by atoms with Crippen LogP contribution in [0.25, 0.3) is 82.5 Å². The minimum Gasteiger partial charge on any atom is -0.309 e. The molecule has 0 aliphatic heterocycles. The Balaban J connectivity index is 0.00000163. The third kappa shape index (κ3) is 8.91. The van der Waals surface area contributed by atoms with Crippen LogP contribution in [0.5, 0.6) is 0 Å². The molecule has 0 saturated carbocycles. The highest BCUT2D eigenvalue weighted by Crippen LogP contribution is 2.75. The number of para-hydroxylation sites is 4. The van der Waals surface area contributed by atoms with Gasteiger partial charge in [-0.1, -0.05) is 210 Å². The summed E-state index contributed by atoms with van der Waals surface area (Å²) in [6.07, 6.45) is 0. The van der Waals surface area contributed by atoms with Gasteiger partial charge in [-0.15, -0.1) is 20.1 Å². The maximum absolute atomic E-state index is 2.57. The van der Waals surface area contributed by atoms with Crippen molar-refractivity contribution < 1.29 is 0 Å². The van der Waals surface area contributed by atoms with Gasteiger partial charge >= 0.3 is 0 Å². The van der Waals surface area contributed by atoms with E-state index in [0.29, 0.717) is 0 Å². The lowest BCUT2D eigenvalue weighted by Gasteiger charge is -2.42. The molecule has 16 aromatic rings. The Morgan fingerprint density at radius 3 is 0.598 bits per heavy atom. The van der Waals surface area contributed by atoms with Crippen LogP contribution in [0.3, 0.4) is 0 Å². The average Bonchev–Trinajstić information content (AvgIpc) is 2.15. The van der Waals surface area contributed by atoms with Crippen LogP contribution in [0.15, 0.2) is 373 Å². The Morgan fingerprint density at radius 1 is 0.172 bits per heavy atom. The van der Waals surface area contributed by atoms with Crippen LogP contribution >= 0.6 is 20.1 Å². The highest BCUT2D eigenvalue weighted by Gasteiger charge is 2.36. The first-order valence-electron chi connectivity index (χ1n) is 30.4. The molecule has 3 heterocycles. The number of nitrogens with zero attached hydrogens (tertiary/aromatic N) is 3. The fraction of sp³-hybridized carbons (Fsp3) is 0.0488. The van der Waals surface area contributed by atoms with Crippen LogP contribution in [0.4, 0.5) is 0 Å². The summed E-state index contributed by atoms with van der Waals surface area (Å²) in [4.78, 5) is 10.3. The SMILES string of the molecule is CC.CC.c1ccc(S(c2ccccc2)(c2ccccc2)c2ccc3c(c2)c2cc(S(c4ccccc4)(c4ccccc4)c4ccccc4)ccc2n3-c2cc(-n3c4ccccc4c4ccccc43)cc(-n3c4ccccc4c4ccccc43)c2)cc1. The molecule has 3 nitrogen and oxygen atoms in total. The second kappa shape index (κ2) is 23.4. The zero-order valence-corrected chi connectivity index (χ0v) is 51.0. The molecule has 0 amide bonds. The standard InChI is InChI=1S/C78H55N3S2.2C2H6/c1-7-27-59(28-8-1)82(60-29-9-2-10-30-60,61-31-11-3-12-32-61)65-47-49-77-71(54-65)72-55-66(83(62-33-13-4-14-34-62,63-35-15-5-16-36-63)64-37-17-6-18-38-64)48-50-78(72)81(77)58-52-56(79-73-43-23-19-39-67(73)68-40-20-24-44-74(68)79)51-57(53-58)80-75-45-25-21-41-69(75)70-42-22-26-46-76(70)80;2*1-2/h1-55H;2*1-2H3. The predicted octanol–water partition coefficient (Wildman–Crippen LogP) is 23.7. The van der Waals surface area contributed by atoms with E-state index in [1.165, 1.54) is 93.5 Å². The smallest absolute Gasteiger partial charge is 0.0541 e. The van der Waals surface area contributed by atoms with E-state index in [9.17, 15) is 0 Å². The topological polar surface area (TPSA) is 14.8 Å². The van der Waals surface area contributed by atoms with Crippen molar-refractivity contribution in [1.82, 2.24) is 13.7 Å². The van der Waals surface area contributed by atoms with Crippen molar-refractivity contribution in [2.45, 2.75) is 66.9 Å². The predicted molar refractivity (Wildman–Crippen MR) is 372 cm³/mol. The van der Waals surface area contributed by atoms with Crippen molar-refractivity contribution in [2.24, 2.45) is 0 Å². The number of aromatic nitrogens is 3. The lowest BCUT2D eigenvalue weighted by molar-refractivity contribution is 1.10. The Morgan fingerprint density at radius 2 is 0.368 bits per heavy atom. The van der Waals surface area contributed by atoms with Gasteiger partial charge in [-0.3, -0.25) is 0 Å². The quantitative estimate of drug-likeness (QED) is 0.123. The molecule has 0 unspecified atom stereocenters. The fourth-order valence-corrected chi connectivity index (χ4v) is 21.2. The summed E-state index contributed by atoms with van der Waals surface area (Å²) in [5.41, 5.74) is 10.2. The largest absolute Gasteiger partial charge is 0.309 e. The monoisotopic (exact) mass is 1160 g/mol. The molecule has 0 aliphatic carbocycles. The highest BCUT2D eigenvalue weighted by molar-refractivity contribution is 8.34. The van der Waals surface area contributed by atoms with E-state index in [2.05, 4.69) is 347 Å². The molecule has 422 valence electrons. The number of hydrogen-bond donors (Lipinski definition) is 0. The third-order valence-corrected chi connectivity index (χ3v) is 24.6. The maximum Gasteiger partial charge on any atom is 0.0541 e. The van der Waals surface area contributed by atoms with E-state index in [4.69, 9.17) is 0 Å². The Labute approximate surface area is 513 Å². The molecule has 0 fully saturated rings. The van der Waals surface area contributed by atoms with Gasteiger partial charge in [0.1, 0.15) is 0 Å². The highest BCUT2D eigenvalue weighted by atomic mass is 32.3. The summed E-state index contributed by atoms with van der Waals surface area (Å²) in [7, 11) is -4.12. The fourth-order valence-electron chi connectivity index (χ4n) is 13.4. The Kier molecular flexibility index (Phi) is 14.8. The molecule has 0 atom stereocenters. The number of rotatable bonds is 11. The molecule has 0 spiro atoms. The van der Waals surface area contributed by atoms with Crippen molar-refractivity contribution in [1.29, 1.82) is 0 Å². The first-order chi connectivity index (χ1) is 43.2. The van der Waals surface area contributed by atoms with Gasteiger partial charge in [0.25, 0.3) is 0 Å². The molecule has 13 aromatic carbocycles. The first kappa shape index (κ1) is 54.9. The molecule has 3 aromatic heterocycles. The van der Waals surface area contributed by atoms with E-state index in [1.54, 1.807) is 0 Å². The minimum atomic E-state index is -2.06. The number of hydrogen-bond acceptors (Lipinski definition) is 0. The molecule has 87 heavy (non-hydrogen) atoms. The average molecular weight is 1160 g/mol. The second-order valence-electron chi connectivity index (χ2n) is 21.2. The van der Waals surface area contributed by atoms with Crippen molar-refractivity contribution in [3.8, 4) is 17.1 Å². The van der Waals surface area contributed by atoms with Crippen LogP contribution in [0.2, 0.25) is 0 Å². The van der Waals surface area contributed by atoms with E-state index in [1.807, 2.05) is 27.7 Å². The third-order valence-electron chi connectivity index (χ3n) is 16.8. The number of fused-ring (bicyclic) bond motifs is 9. The zero-order chi connectivity index (χ0) is 58.9. The summed E-state index contributed by atoms with van der Waals surface area (Å²) < 4.78 is 7.51. The lowest BCUT2D eigenvalue weighted by atomic mass is 10.1. The van der Waals surface area contributed by atoms with Crippen molar-refractivity contribution in [2.75, 3.05) is 0 Å². The van der Waals surface area contributed by atoms with Gasteiger partial charge in [0.2, 0.25) is 0 Å². The van der Waals surface area contributed by atoms with E-state index >= 15 is 0 Å². The van der Waals surface area contributed by atoms with E-state index in [-0.39, 0.29) is 0 Å². The molecule has 0 aliphatic rings. The van der Waals surface area contributed by atoms with Crippen LogP contribution in [0, 0.1) is 0 Å². The second-order valence-corrected chi connectivity index (χ2v) is 27.5. The summed E-state index contributed by atoms with van der Waals surface area (Å²) >= 11 is 0. The van der Waals surface area contributed by atoms with Crippen molar-refractivity contribution in [3.05, 3.63) is 334 Å². The zero-order valence-electron chi connectivity index (χ0n) is 49.4. The Bertz CT molecular complexity index is 4450. The van der Waals surface area contributed by atoms with Gasteiger partial charge in [0.05, 0.1) is 50.2 Å². The summed E-state index contributed by atoms with van der Waals surface area (Å²) in [6.45, 7) is 8.00. The van der Waals surface area contributed by atoms with Crippen molar-refractivity contribution >= 4 is 85.5 Å². The van der Waals surface area contributed by atoms with Gasteiger partial charge < -0.3 is 13.7 Å². The van der Waals surface area contributed by atoms with Crippen LogP contribution in [0.1, 0.15) is 27.7 Å². The minimum absolute atomic E-state index is 1.07. The van der Waals surface area contributed by atoms with Gasteiger partial charge in [-0.05, 0) is 152 Å². The Hall–Kier alpha value is -10.0. The molecule has 0 radical (unpaired) electrons. The molecule has 0 saturated heterocycles. The molecule has 0 bridgehead atoms. The molecular formula is C82H67N3S2. The molecule has 16 rings (SSSR count). The van der Waals surface area contributed by atoms with E-state index in [0.717, 1.165) is 28.1 Å². The van der Waals surface area contributed by atoms with Crippen LogP contribution < -0.4 is 0 Å². The lowest BCUT2D eigenvalue weighted by Crippen LogP contribution is -2.05. The van der Waals surface area contributed by atoms with Crippen molar-refractivity contribution in [3.63, 3.8) is 0 Å². The summed E-state index contributed by atoms with van der Waals surface area (Å²) in [6, 6.07) is 125. The number of benzene rings is 13. The first-order valence-corrected chi connectivity index (χ1v) is 33.6. The van der Waals surface area contributed by atoms with E-state index < -0.39 is 20.1 Å². The molecular weight excluding hydrogens is 1090 g/mol. The maximum atomic E-state index is 2.57. The van der Waals surface area contributed by atoms with Gasteiger partial charge in [0, 0.05) is 71.5 Å². The van der Waals surface area contributed by atoms with Gasteiger partial charge in [-0.25, -0.2) is 0 Å². The molecule has 5 heteroatoms. The van der Waals surface area contributed by atoms with Crippen LogP contribution in [-0.4, -0.2) is 13.7 Å². The summed E-state index contributed by atoms with van der Waals surface area (Å²) in [5.74, 6) is 0. The van der Waals surface area contributed by atoms with Gasteiger partial charge in [0.15, 0.2) is 0 Å². The molecule has 0 N–H and O–H groups in total. The van der Waals surface area contributed by atoms with Crippen LogP contribution in [-0.2, 0) is 0 Å². The normalized spacial score (nSPS) is 12.0.